The van der Waals surface area contributed by atoms with E-state index in [0.29, 0.717) is 12.3 Å². The molecular weight excluding hydrogens is 266 g/mol. The normalized spacial score (nSPS) is 21.5. The maximum absolute atomic E-state index is 12.5. The molecule has 1 N–H and O–H groups in total. The Kier molecular flexibility index (Phi) is 5.25. The summed E-state index contributed by atoms with van der Waals surface area (Å²) >= 11 is 0. The van der Waals surface area contributed by atoms with Crippen molar-refractivity contribution in [1.29, 1.82) is 0 Å². The van der Waals surface area contributed by atoms with Crippen LogP contribution in [0.4, 0.5) is 0 Å². The van der Waals surface area contributed by atoms with Gasteiger partial charge in [-0.15, -0.1) is 0 Å². The van der Waals surface area contributed by atoms with Crippen molar-refractivity contribution in [3.05, 3.63) is 0 Å². The highest BCUT2D eigenvalue weighted by atomic mass is 16.2. The van der Waals surface area contributed by atoms with Gasteiger partial charge in [-0.2, -0.15) is 0 Å². The van der Waals surface area contributed by atoms with Crippen LogP contribution in [-0.4, -0.2) is 60.9 Å². The number of piperazine rings is 1. The van der Waals surface area contributed by atoms with Gasteiger partial charge < -0.3 is 15.1 Å². The van der Waals surface area contributed by atoms with E-state index >= 15 is 0 Å². The topological polar surface area (TPSA) is 52.7 Å². The van der Waals surface area contributed by atoms with Crippen molar-refractivity contribution in [2.45, 2.75) is 40.0 Å². The van der Waals surface area contributed by atoms with Crippen molar-refractivity contribution >= 4 is 11.8 Å². The fourth-order valence-electron chi connectivity index (χ4n) is 3.08. The smallest absolute Gasteiger partial charge is 0.225 e. The largest absolute Gasteiger partial charge is 0.343 e. The van der Waals surface area contributed by atoms with Crippen molar-refractivity contribution in [3.8, 4) is 0 Å². The predicted molar refractivity (Wildman–Crippen MR) is 82.8 cm³/mol. The Balaban J connectivity index is 1.80. The summed E-state index contributed by atoms with van der Waals surface area (Å²) in [5.41, 5.74) is 0.0323. The van der Waals surface area contributed by atoms with E-state index in [9.17, 15) is 9.59 Å². The molecule has 2 amide bonds. The lowest BCUT2D eigenvalue weighted by molar-refractivity contribution is -0.141. The van der Waals surface area contributed by atoms with Crippen LogP contribution in [0.1, 0.15) is 40.0 Å². The first-order chi connectivity index (χ1) is 9.87. The highest BCUT2D eigenvalue weighted by molar-refractivity contribution is 5.80. The summed E-state index contributed by atoms with van der Waals surface area (Å²) in [4.78, 5) is 28.6. The molecule has 0 aliphatic carbocycles. The van der Waals surface area contributed by atoms with E-state index in [1.807, 2.05) is 9.80 Å². The van der Waals surface area contributed by atoms with Gasteiger partial charge in [-0.25, -0.2) is 0 Å². The number of piperidine rings is 1. The van der Waals surface area contributed by atoms with E-state index in [0.717, 1.165) is 52.1 Å². The molecule has 0 aromatic rings. The molecule has 2 saturated heterocycles. The first kappa shape index (κ1) is 16.3. The quantitative estimate of drug-likeness (QED) is 0.830. The lowest BCUT2D eigenvalue weighted by Gasteiger charge is -2.36. The molecule has 0 atom stereocenters. The SMILES string of the molecule is CC(C)(C)CC(=O)N1CCC(C(=O)N2CCNCC2)CC1. The lowest BCUT2D eigenvalue weighted by Crippen LogP contribution is -2.50. The highest BCUT2D eigenvalue weighted by Gasteiger charge is 2.31. The molecule has 0 spiro atoms. The number of nitrogens with one attached hydrogen (secondary N) is 1. The number of nitrogens with zero attached hydrogens (tertiary/aromatic N) is 2. The number of carbonyl (C=O) groups is 2. The molecule has 2 rings (SSSR count). The van der Waals surface area contributed by atoms with Gasteiger partial charge in [0.05, 0.1) is 0 Å². The third kappa shape index (κ3) is 4.70. The summed E-state index contributed by atoms with van der Waals surface area (Å²) in [6.07, 6.45) is 2.22. The molecule has 0 saturated carbocycles. The zero-order valence-corrected chi connectivity index (χ0v) is 13.7. The van der Waals surface area contributed by atoms with E-state index in [1.54, 1.807) is 0 Å². The minimum atomic E-state index is 0.0323. The van der Waals surface area contributed by atoms with Gasteiger partial charge in [-0.05, 0) is 18.3 Å². The van der Waals surface area contributed by atoms with Crippen LogP contribution in [0.25, 0.3) is 0 Å². The maximum Gasteiger partial charge on any atom is 0.225 e. The summed E-state index contributed by atoms with van der Waals surface area (Å²) < 4.78 is 0. The van der Waals surface area contributed by atoms with Crippen LogP contribution in [0, 0.1) is 11.3 Å². The van der Waals surface area contributed by atoms with Gasteiger partial charge in [0.25, 0.3) is 0 Å². The Hall–Kier alpha value is -1.10. The lowest BCUT2D eigenvalue weighted by atomic mass is 9.90. The van der Waals surface area contributed by atoms with Crippen LogP contribution in [0.3, 0.4) is 0 Å². The Bertz CT molecular complexity index is 375. The highest BCUT2D eigenvalue weighted by Crippen LogP contribution is 2.24. The number of hydrogen-bond donors (Lipinski definition) is 1. The van der Waals surface area contributed by atoms with Crippen molar-refractivity contribution in [2.75, 3.05) is 39.3 Å². The van der Waals surface area contributed by atoms with Gasteiger partial charge in [-0.3, -0.25) is 9.59 Å². The zero-order valence-electron chi connectivity index (χ0n) is 13.7. The monoisotopic (exact) mass is 295 g/mol. The first-order valence-electron chi connectivity index (χ1n) is 8.14. The molecule has 120 valence electrons. The van der Waals surface area contributed by atoms with Crippen molar-refractivity contribution in [3.63, 3.8) is 0 Å². The second-order valence-electron chi connectivity index (χ2n) is 7.47. The Morgan fingerprint density at radius 3 is 2.10 bits per heavy atom. The van der Waals surface area contributed by atoms with Gasteiger partial charge in [0.1, 0.15) is 0 Å². The minimum Gasteiger partial charge on any atom is -0.343 e. The summed E-state index contributed by atoms with van der Waals surface area (Å²) in [5.74, 6) is 0.636. The Labute approximate surface area is 128 Å². The minimum absolute atomic E-state index is 0.0323. The fraction of sp³-hybridized carbons (Fsp3) is 0.875. The summed E-state index contributed by atoms with van der Waals surface area (Å²) in [5, 5.41) is 3.27. The van der Waals surface area contributed by atoms with Gasteiger partial charge in [-0.1, -0.05) is 20.8 Å². The Morgan fingerprint density at radius 1 is 1.00 bits per heavy atom. The third-order valence-corrected chi connectivity index (χ3v) is 4.31. The number of hydrogen-bond acceptors (Lipinski definition) is 3. The molecule has 5 heteroatoms. The van der Waals surface area contributed by atoms with Crippen LogP contribution < -0.4 is 5.32 Å². The average Bonchev–Trinajstić information content (AvgIpc) is 2.46. The summed E-state index contributed by atoms with van der Waals surface area (Å²) in [7, 11) is 0. The van der Waals surface area contributed by atoms with Crippen molar-refractivity contribution in [2.24, 2.45) is 11.3 Å². The second-order valence-corrected chi connectivity index (χ2v) is 7.47. The molecule has 2 fully saturated rings. The van der Waals surface area contributed by atoms with E-state index in [-0.39, 0.29) is 17.2 Å². The molecular formula is C16H29N3O2. The standard InChI is InChI=1S/C16H29N3O2/c1-16(2,3)12-14(20)18-8-4-13(5-9-18)15(21)19-10-6-17-7-11-19/h13,17H,4-12H2,1-3H3. The predicted octanol–water partition coefficient (Wildman–Crippen LogP) is 1.09. The van der Waals surface area contributed by atoms with Gasteiger partial charge in [0.15, 0.2) is 0 Å². The molecule has 0 radical (unpaired) electrons. The average molecular weight is 295 g/mol. The van der Waals surface area contributed by atoms with Crippen molar-refractivity contribution in [1.82, 2.24) is 15.1 Å². The fourth-order valence-corrected chi connectivity index (χ4v) is 3.08. The van der Waals surface area contributed by atoms with E-state index in [2.05, 4.69) is 26.1 Å². The van der Waals surface area contributed by atoms with Crippen LogP contribution in [0.2, 0.25) is 0 Å². The maximum atomic E-state index is 12.5. The van der Waals surface area contributed by atoms with Crippen LogP contribution in [0.5, 0.6) is 0 Å². The van der Waals surface area contributed by atoms with E-state index in [1.165, 1.54) is 0 Å². The molecule has 2 aliphatic rings. The number of amides is 2. The number of carbonyl (C=O) groups excluding carboxylic acids is 2. The molecule has 5 nitrogen and oxygen atoms in total. The van der Waals surface area contributed by atoms with Gasteiger partial charge in [0.2, 0.25) is 11.8 Å². The second kappa shape index (κ2) is 6.77. The van der Waals surface area contributed by atoms with Crippen LogP contribution >= 0.6 is 0 Å². The van der Waals surface area contributed by atoms with Gasteiger partial charge in [0, 0.05) is 51.6 Å². The summed E-state index contributed by atoms with van der Waals surface area (Å²) in [6, 6.07) is 0. The molecule has 2 aliphatic heterocycles. The Morgan fingerprint density at radius 2 is 1.57 bits per heavy atom. The molecule has 21 heavy (non-hydrogen) atoms. The molecule has 0 unspecified atom stereocenters. The van der Waals surface area contributed by atoms with E-state index in [4.69, 9.17) is 0 Å². The number of rotatable bonds is 2. The van der Waals surface area contributed by atoms with Gasteiger partial charge >= 0.3 is 0 Å². The molecule has 0 aromatic heterocycles. The summed E-state index contributed by atoms with van der Waals surface area (Å²) in [6.45, 7) is 11.2. The third-order valence-electron chi connectivity index (χ3n) is 4.31. The molecule has 0 aromatic carbocycles. The molecule has 0 bridgehead atoms. The molecule has 2 heterocycles. The van der Waals surface area contributed by atoms with Crippen molar-refractivity contribution < 1.29 is 9.59 Å². The van der Waals surface area contributed by atoms with Crippen LogP contribution in [0.15, 0.2) is 0 Å². The van der Waals surface area contributed by atoms with E-state index < -0.39 is 0 Å². The zero-order chi connectivity index (χ0) is 15.5. The first-order valence-corrected chi connectivity index (χ1v) is 8.14. The number of likely N-dealkylation sites (tertiary alicyclic amines) is 1. The van der Waals surface area contributed by atoms with Crippen LogP contribution in [-0.2, 0) is 9.59 Å².